The highest BCUT2D eigenvalue weighted by Crippen LogP contribution is 2.25. The molecule has 4 nitrogen and oxygen atoms in total. The maximum atomic E-state index is 13.1. The van der Waals surface area contributed by atoms with Crippen LogP contribution in [0.4, 0.5) is 4.39 Å². The second kappa shape index (κ2) is 5.75. The first-order valence-electron chi connectivity index (χ1n) is 5.91. The average molecular weight is 308 g/mol. The van der Waals surface area contributed by atoms with E-state index in [9.17, 15) is 12.8 Å². The second-order valence-corrected chi connectivity index (χ2v) is 6.54. The number of sulfonamides is 1. The zero-order valence-electron chi connectivity index (χ0n) is 10.2. The summed E-state index contributed by atoms with van der Waals surface area (Å²) >= 11 is 5.91. The lowest BCUT2D eigenvalue weighted by Crippen LogP contribution is -2.53. The summed E-state index contributed by atoms with van der Waals surface area (Å²) in [5.41, 5.74) is -0.717. The Kier molecular flexibility index (Phi) is 4.45. The van der Waals surface area contributed by atoms with E-state index < -0.39 is 21.4 Å². The van der Waals surface area contributed by atoms with Crippen LogP contribution in [0, 0.1) is 5.82 Å². The number of rotatable bonds is 4. The van der Waals surface area contributed by atoms with Crippen molar-refractivity contribution < 1.29 is 17.5 Å². The number of halogens is 2. The van der Waals surface area contributed by atoms with Gasteiger partial charge in [0.2, 0.25) is 10.0 Å². The minimum Gasteiger partial charge on any atom is -0.381 e. The molecular formula is C12H15ClFNO3S. The normalized spacial score (nSPS) is 19.3. The number of ether oxygens (including phenoxy) is 1. The summed E-state index contributed by atoms with van der Waals surface area (Å²) in [6.45, 7) is 0.913. The van der Waals surface area contributed by atoms with Gasteiger partial charge in [-0.25, -0.2) is 17.5 Å². The zero-order valence-corrected chi connectivity index (χ0v) is 11.8. The van der Waals surface area contributed by atoms with Crippen molar-refractivity contribution in [3.05, 3.63) is 30.1 Å². The van der Waals surface area contributed by atoms with E-state index in [-0.39, 0.29) is 10.8 Å². The summed E-state index contributed by atoms with van der Waals surface area (Å²) < 4.78 is 45.4. The van der Waals surface area contributed by atoms with Crippen molar-refractivity contribution in [1.82, 2.24) is 4.72 Å². The van der Waals surface area contributed by atoms with Crippen LogP contribution in [-0.2, 0) is 14.8 Å². The topological polar surface area (TPSA) is 55.4 Å². The van der Waals surface area contributed by atoms with Crippen molar-refractivity contribution in [3.63, 3.8) is 0 Å². The molecule has 7 heteroatoms. The minimum absolute atomic E-state index is 0.0940. The van der Waals surface area contributed by atoms with Crippen LogP contribution in [0.5, 0.6) is 0 Å². The first kappa shape index (κ1) is 14.7. The predicted octanol–water partition coefficient (Wildman–Crippen LogP) is 1.89. The standard InChI is InChI=1S/C12H15ClFNO3S/c13-9-12(4-6-18-7-5-12)15-19(16,17)11-3-1-2-10(14)8-11/h1-3,8,15H,4-7,9H2. The van der Waals surface area contributed by atoms with Gasteiger partial charge in [-0.15, -0.1) is 11.6 Å². The first-order chi connectivity index (χ1) is 8.97. The molecule has 0 aliphatic carbocycles. The highest BCUT2D eigenvalue weighted by atomic mass is 35.5. The Bertz CT molecular complexity index is 544. The van der Waals surface area contributed by atoms with Gasteiger partial charge >= 0.3 is 0 Å². The molecule has 1 heterocycles. The molecule has 1 aromatic carbocycles. The van der Waals surface area contributed by atoms with Gasteiger partial charge in [0.25, 0.3) is 0 Å². The van der Waals surface area contributed by atoms with Crippen LogP contribution >= 0.6 is 11.6 Å². The Morgan fingerprint density at radius 2 is 2.05 bits per heavy atom. The summed E-state index contributed by atoms with van der Waals surface area (Å²) in [4.78, 5) is -0.0940. The molecule has 0 spiro atoms. The van der Waals surface area contributed by atoms with E-state index in [1.54, 1.807) is 0 Å². The van der Waals surface area contributed by atoms with Crippen molar-refractivity contribution in [2.45, 2.75) is 23.3 Å². The molecule has 2 rings (SSSR count). The van der Waals surface area contributed by atoms with Crippen LogP contribution in [0.25, 0.3) is 0 Å². The van der Waals surface area contributed by atoms with Gasteiger partial charge in [0, 0.05) is 19.1 Å². The van der Waals surface area contributed by atoms with Gasteiger partial charge in [-0.2, -0.15) is 0 Å². The van der Waals surface area contributed by atoms with Crippen LogP contribution < -0.4 is 4.72 Å². The molecule has 1 aromatic rings. The molecule has 0 saturated carbocycles. The summed E-state index contributed by atoms with van der Waals surface area (Å²) in [6.07, 6.45) is 1.01. The minimum atomic E-state index is -3.78. The predicted molar refractivity (Wildman–Crippen MR) is 70.2 cm³/mol. The van der Waals surface area contributed by atoms with Crippen LogP contribution in [-0.4, -0.2) is 33.1 Å². The molecule has 0 radical (unpaired) electrons. The molecular weight excluding hydrogens is 293 g/mol. The van der Waals surface area contributed by atoms with Crippen LogP contribution in [0.1, 0.15) is 12.8 Å². The van der Waals surface area contributed by atoms with Crippen molar-refractivity contribution in [2.24, 2.45) is 0 Å². The van der Waals surface area contributed by atoms with Crippen molar-refractivity contribution in [3.8, 4) is 0 Å². The van der Waals surface area contributed by atoms with Gasteiger partial charge < -0.3 is 4.74 Å². The Labute approximate surface area is 117 Å². The van der Waals surface area contributed by atoms with E-state index in [1.165, 1.54) is 18.2 Å². The molecule has 1 aliphatic rings. The Balaban J connectivity index is 2.25. The maximum Gasteiger partial charge on any atom is 0.241 e. The highest BCUT2D eigenvalue weighted by Gasteiger charge is 2.36. The van der Waals surface area contributed by atoms with Crippen molar-refractivity contribution in [1.29, 1.82) is 0 Å². The van der Waals surface area contributed by atoms with Gasteiger partial charge in [0.05, 0.1) is 10.4 Å². The highest BCUT2D eigenvalue weighted by molar-refractivity contribution is 7.89. The summed E-state index contributed by atoms with van der Waals surface area (Å²) in [6, 6.07) is 4.91. The number of hydrogen-bond donors (Lipinski definition) is 1. The fraction of sp³-hybridized carbons (Fsp3) is 0.500. The number of benzene rings is 1. The molecule has 1 aliphatic heterocycles. The molecule has 0 bridgehead atoms. The molecule has 1 N–H and O–H groups in total. The molecule has 19 heavy (non-hydrogen) atoms. The lowest BCUT2D eigenvalue weighted by Gasteiger charge is -2.35. The van der Waals surface area contributed by atoms with E-state index in [0.717, 1.165) is 6.07 Å². The molecule has 0 amide bonds. The third kappa shape index (κ3) is 3.45. The fourth-order valence-electron chi connectivity index (χ4n) is 2.00. The van der Waals surface area contributed by atoms with Gasteiger partial charge in [-0.3, -0.25) is 0 Å². The van der Waals surface area contributed by atoms with Gasteiger partial charge in [-0.05, 0) is 31.0 Å². The Morgan fingerprint density at radius 3 is 2.63 bits per heavy atom. The van der Waals surface area contributed by atoms with Crippen molar-refractivity contribution >= 4 is 21.6 Å². The quantitative estimate of drug-likeness (QED) is 0.864. The molecule has 0 aromatic heterocycles. The summed E-state index contributed by atoms with van der Waals surface area (Å²) in [5, 5.41) is 0. The molecule has 106 valence electrons. The van der Waals surface area contributed by atoms with Crippen LogP contribution in [0.15, 0.2) is 29.2 Å². The molecule has 1 fully saturated rings. The Morgan fingerprint density at radius 1 is 1.37 bits per heavy atom. The van der Waals surface area contributed by atoms with Gasteiger partial charge in [0.15, 0.2) is 0 Å². The average Bonchev–Trinajstić information content (AvgIpc) is 2.39. The summed E-state index contributed by atoms with van der Waals surface area (Å²) in [5.74, 6) is -0.431. The number of nitrogens with one attached hydrogen (secondary N) is 1. The molecule has 0 atom stereocenters. The number of hydrogen-bond acceptors (Lipinski definition) is 3. The maximum absolute atomic E-state index is 13.1. The monoisotopic (exact) mass is 307 g/mol. The third-order valence-corrected chi connectivity index (χ3v) is 5.25. The van der Waals surface area contributed by atoms with Crippen LogP contribution in [0.3, 0.4) is 0 Å². The van der Waals surface area contributed by atoms with Gasteiger partial charge in [0.1, 0.15) is 5.82 Å². The SMILES string of the molecule is O=S(=O)(NC1(CCl)CCOCC1)c1cccc(F)c1. The Hall–Kier alpha value is -0.690. The van der Waals surface area contributed by atoms with Crippen LogP contribution in [0.2, 0.25) is 0 Å². The lowest BCUT2D eigenvalue weighted by atomic mass is 9.94. The van der Waals surface area contributed by atoms with Gasteiger partial charge in [-0.1, -0.05) is 6.07 Å². The fourth-order valence-corrected chi connectivity index (χ4v) is 3.91. The van der Waals surface area contributed by atoms with E-state index in [2.05, 4.69) is 4.72 Å². The molecule has 1 saturated heterocycles. The van der Waals surface area contributed by atoms with E-state index >= 15 is 0 Å². The summed E-state index contributed by atoms with van der Waals surface area (Å²) in [7, 11) is -3.78. The zero-order chi connectivity index (χ0) is 13.9. The lowest BCUT2D eigenvalue weighted by molar-refractivity contribution is 0.0549. The van der Waals surface area contributed by atoms with Crippen molar-refractivity contribution in [2.75, 3.05) is 19.1 Å². The van der Waals surface area contributed by atoms with E-state index in [1.807, 2.05) is 0 Å². The second-order valence-electron chi connectivity index (χ2n) is 4.59. The van der Waals surface area contributed by atoms with E-state index in [4.69, 9.17) is 16.3 Å². The molecule has 0 unspecified atom stereocenters. The smallest absolute Gasteiger partial charge is 0.241 e. The first-order valence-corrected chi connectivity index (χ1v) is 7.92. The largest absolute Gasteiger partial charge is 0.381 e. The number of alkyl halides is 1. The third-order valence-electron chi connectivity index (χ3n) is 3.16. The van der Waals surface area contributed by atoms with E-state index in [0.29, 0.717) is 26.1 Å².